The quantitative estimate of drug-likeness (QED) is 0.678. The highest BCUT2D eigenvalue weighted by Gasteiger charge is 2.32. The third kappa shape index (κ3) is 4.35. The molecule has 0 spiro atoms. The third-order valence-corrected chi connectivity index (χ3v) is 5.38. The van der Waals surface area contributed by atoms with E-state index < -0.39 is 6.04 Å². The van der Waals surface area contributed by atoms with Crippen molar-refractivity contribution >= 4 is 17.6 Å². The molecule has 152 valence electrons. The maximum Gasteiger partial charge on any atom is 0.315 e. The van der Waals surface area contributed by atoms with Crippen molar-refractivity contribution in [2.24, 2.45) is 0 Å². The van der Waals surface area contributed by atoms with Gasteiger partial charge in [-0.15, -0.1) is 0 Å². The molecule has 0 saturated heterocycles. The van der Waals surface area contributed by atoms with Crippen molar-refractivity contribution in [3.8, 4) is 0 Å². The summed E-state index contributed by atoms with van der Waals surface area (Å²) in [6.45, 7) is 3.04. The van der Waals surface area contributed by atoms with Gasteiger partial charge in [0.15, 0.2) is 0 Å². The Morgan fingerprint density at radius 2 is 1.63 bits per heavy atom. The molecule has 1 heterocycles. The zero-order valence-corrected chi connectivity index (χ0v) is 17.0. The molecule has 1 aliphatic heterocycles. The minimum atomic E-state index is -0.754. The van der Waals surface area contributed by atoms with Gasteiger partial charge in [0, 0.05) is 18.8 Å². The van der Waals surface area contributed by atoms with Crippen molar-refractivity contribution in [2.45, 2.75) is 25.9 Å². The van der Waals surface area contributed by atoms with Crippen molar-refractivity contribution in [1.82, 2.24) is 10.6 Å². The minimum Gasteiger partial charge on any atom is -0.334 e. The lowest BCUT2D eigenvalue weighted by molar-refractivity contribution is -0.120. The number of aryl methyl sites for hydroxylation is 1. The molecule has 0 bridgehead atoms. The molecule has 5 heteroatoms. The van der Waals surface area contributed by atoms with Gasteiger partial charge in [-0.3, -0.25) is 4.79 Å². The van der Waals surface area contributed by atoms with Crippen LogP contribution < -0.4 is 15.5 Å². The second-order valence-electron chi connectivity index (χ2n) is 7.52. The van der Waals surface area contributed by atoms with Crippen LogP contribution in [0.25, 0.3) is 0 Å². The molecule has 2 N–H and O–H groups in total. The molecule has 1 atom stereocenters. The number of urea groups is 1. The fourth-order valence-corrected chi connectivity index (χ4v) is 3.73. The molecule has 4 rings (SSSR count). The van der Waals surface area contributed by atoms with Crippen LogP contribution in [0.4, 0.5) is 10.5 Å². The zero-order chi connectivity index (χ0) is 20.9. The van der Waals surface area contributed by atoms with E-state index in [4.69, 9.17) is 0 Å². The molecule has 0 fully saturated rings. The van der Waals surface area contributed by atoms with Gasteiger partial charge in [-0.25, -0.2) is 4.79 Å². The zero-order valence-electron chi connectivity index (χ0n) is 17.0. The Bertz CT molecular complexity index is 1030. The van der Waals surface area contributed by atoms with Crippen LogP contribution in [0.2, 0.25) is 0 Å². The number of amides is 3. The van der Waals surface area contributed by atoms with Crippen LogP contribution in [0, 0.1) is 6.92 Å². The summed E-state index contributed by atoms with van der Waals surface area (Å²) >= 11 is 0. The number of carbonyl (C=O) groups is 2. The number of benzene rings is 3. The number of fused-ring (bicyclic) bond motifs is 1. The fourth-order valence-electron chi connectivity index (χ4n) is 3.73. The van der Waals surface area contributed by atoms with Gasteiger partial charge in [0.1, 0.15) is 6.04 Å². The molecule has 1 aliphatic rings. The lowest BCUT2D eigenvalue weighted by Gasteiger charge is -2.25. The highest BCUT2D eigenvalue weighted by molar-refractivity contribution is 6.01. The first-order valence-corrected chi connectivity index (χ1v) is 10.2. The van der Waals surface area contributed by atoms with Gasteiger partial charge >= 0.3 is 6.03 Å². The Morgan fingerprint density at radius 1 is 0.933 bits per heavy atom. The lowest BCUT2D eigenvalue weighted by atomic mass is 10.1. The van der Waals surface area contributed by atoms with Crippen LogP contribution in [-0.2, 0) is 17.8 Å². The standard InChI is InChI=1S/C25H25N3O2/c1-18-11-13-19(14-12-18)17-26-25(30)27-23(21-8-3-2-4-9-21)24(29)28-16-15-20-7-5-6-10-22(20)28/h2-14,23H,15-17H2,1H3,(H2,26,27,30)/t23-/m1/s1. The number of nitrogens with one attached hydrogen (secondary N) is 2. The number of nitrogens with zero attached hydrogens (tertiary/aromatic N) is 1. The predicted octanol–water partition coefficient (Wildman–Crippen LogP) is 4.12. The van der Waals surface area contributed by atoms with E-state index in [1.165, 1.54) is 5.56 Å². The first kappa shape index (κ1) is 19.7. The minimum absolute atomic E-state index is 0.128. The molecule has 30 heavy (non-hydrogen) atoms. The van der Waals surface area contributed by atoms with E-state index in [2.05, 4.69) is 10.6 Å². The number of para-hydroxylation sites is 1. The van der Waals surface area contributed by atoms with Crippen molar-refractivity contribution in [1.29, 1.82) is 0 Å². The molecule has 0 unspecified atom stereocenters. The van der Waals surface area contributed by atoms with Gasteiger partial charge in [0.25, 0.3) is 5.91 Å². The maximum absolute atomic E-state index is 13.4. The molecule has 0 aliphatic carbocycles. The lowest BCUT2D eigenvalue weighted by Crippen LogP contribution is -2.45. The average Bonchev–Trinajstić information content (AvgIpc) is 3.21. The Morgan fingerprint density at radius 3 is 2.40 bits per heavy atom. The monoisotopic (exact) mass is 399 g/mol. The largest absolute Gasteiger partial charge is 0.334 e. The van der Waals surface area contributed by atoms with E-state index in [1.54, 1.807) is 4.90 Å². The van der Waals surface area contributed by atoms with Crippen molar-refractivity contribution < 1.29 is 9.59 Å². The molecule has 3 amide bonds. The van der Waals surface area contributed by atoms with E-state index in [0.717, 1.165) is 28.8 Å². The number of hydrogen-bond acceptors (Lipinski definition) is 2. The highest BCUT2D eigenvalue weighted by Crippen LogP contribution is 2.30. The summed E-state index contributed by atoms with van der Waals surface area (Å²) in [7, 11) is 0. The number of carbonyl (C=O) groups excluding carboxylic acids is 2. The first-order valence-electron chi connectivity index (χ1n) is 10.2. The molecule has 0 saturated carbocycles. The van der Waals surface area contributed by atoms with Crippen molar-refractivity contribution in [3.63, 3.8) is 0 Å². The van der Waals surface area contributed by atoms with E-state index in [0.29, 0.717) is 13.1 Å². The molecule has 3 aromatic rings. The second kappa shape index (κ2) is 8.82. The van der Waals surface area contributed by atoms with Gasteiger partial charge in [0.05, 0.1) is 0 Å². The Hall–Kier alpha value is -3.60. The van der Waals surface area contributed by atoms with E-state index >= 15 is 0 Å². The fraction of sp³-hybridized carbons (Fsp3) is 0.200. The van der Waals surface area contributed by atoms with Crippen molar-refractivity contribution in [2.75, 3.05) is 11.4 Å². The summed E-state index contributed by atoms with van der Waals surface area (Å²) in [6.07, 6.45) is 0.822. The van der Waals surface area contributed by atoms with Gasteiger partial charge in [0.2, 0.25) is 0 Å². The molecular weight excluding hydrogens is 374 g/mol. The summed E-state index contributed by atoms with van der Waals surface area (Å²) in [5.74, 6) is -0.128. The summed E-state index contributed by atoms with van der Waals surface area (Å²) in [4.78, 5) is 27.8. The third-order valence-electron chi connectivity index (χ3n) is 5.38. The topological polar surface area (TPSA) is 61.4 Å². The van der Waals surface area contributed by atoms with E-state index in [-0.39, 0.29) is 11.9 Å². The van der Waals surface area contributed by atoms with Crippen LogP contribution in [-0.4, -0.2) is 18.5 Å². The van der Waals surface area contributed by atoms with Gasteiger partial charge in [-0.2, -0.15) is 0 Å². The van der Waals surface area contributed by atoms with Gasteiger partial charge in [-0.1, -0.05) is 78.4 Å². The van der Waals surface area contributed by atoms with Crippen LogP contribution in [0.3, 0.4) is 0 Å². The molecule has 3 aromatic carbocycles. The molecular formula is C25H25N3O2. The van der Waals surface area contributed by atoms with E-state index in [1.807, 2.05) is 85.8 Å². The second-order valence-corrected chi connectivity index (χ2v) is 7.52. The average molecular weight is 399 g/mol. The molecule has 5 nitrogen and oxygen atoms in total. The van der Waals surface area contributed by atoms with Crippen LogP contribution in [0.15, 0.2) is 78.9 Å². The summed E-state index contributed by atoms with van der Waals surface area (Å²) in [6, 6.07) is 24.2. The summed E-state index contributed by atoms with van der Waals surface area (Å²) in [5.41, 5.74) is 5.01. The Kier molecular flexibility index (Phi) is 5.80. The number of anilines is 1. The predicted molar refractivity (Wildman–Crippen MR) is 118 cm³/mol. The van der Waals surface area contributed by atoms with Crippen LogP contribution in [0.5, 0.6) is 0 Å². The van der Waals surface area contributed by atoms with Crippen LogP contribution >= 0.6 is 0 Å². The first-order chi connectivity index (χ1) is 14.6. The number of rotatable bonds is 5. The van der Waals surface area contributed by atoms with Crippen LogP contribution in [0.1, 0.15) is 28.3 Å². The molecule has 0 radical (unpaired) electrons. The Balaban J connectivity index is 1.50. The van der Waals surface area contributed by atoms with Crippen molar-refractivity contribution in [3.05, 3.63) is 101 Å². The Labute approximate surface area is 176 Å². The highest BCUT2D eigenvalue weighted by atomic mass is 16.2. The van der Waals surface area contributed by atoms with E-state index in [9.17, 15) is 9.59 Å². The normalized spacial score (nSPS) is 13.4. The smallest absolute Gasteiger partial charge is 0.315 e. The van der Waals surface area contributed by atoms with Gasteiger partial charge in [-0.05, 0) is 36.1 Å². The number of hydrogen-bond donors (Lipinski definition) is 2. The maximum atomic E-state index is 13.4. The summed E-state index contributed by atoms with van der Waals surface area (Å²) in [5, 5.41) is 5.74. The molecule has 0 aromatic heterocycles. The van der Waals surface area contributed by atoms with Gasteiger partial charge < -0.3 is 15.5 Å². The summed E-state index contributed by atoms with van der Waals surface area (Å²) < 4.78 is 0. The SMILES string of the molecule is Cc1ccc(CNC(=O)N[C@@H](C(=O)N2CCc3ccccc32)c2ccccc2)cc1.